The van der Waals surface area contributed by atoms with Gasteiger partial charge in [0, 0.05) is 30.6 Å². The van der Waals surface area contributed by atoms with Crippen LogP contribution in [0.25, 0.3) is 0 Å². The van der Waals surface area contributed by atoms with Crippen LogP contribution in [0.2, 0.25) is 0 Å². The van der Waals surface area contributed by atoms with Crippen molar-refractivity contribution in [3.05, 3.63) is 17.0 Å². The van der Waals surface area contributed by atoms with Crippen LogP contribution in [-0.4, -0.2) is 15.5 Å². The number of hydrogen-bond acceptors (Lipinski definition) is 3. The maximum atomic E-state index is 5.60. The normalized spacial score (nSPS) is 16.2. The molecule has 0 unspecified atom stereocenters. The van der Waals surface area contributed by atoms with Crippen LogP contribution in [0.3, 0.4) is 0 Å². The molecule has 0 atom stereocenters. The van der Waals surface area contributed by atoms with Gasteiger partial charge in [-0.2, -0.15) is 16.9 Å². The summed E-state index contributed by atoms with van der Waals surface area (Å²) in [5.74, 6) is 2.31. The minimum absolute atomic E-state index is 0.573. The standard InChI is InChI=1S/C8H13N3S/c1-11-8-2-3-12-5-6(8)7(4-9)10-11/h2-5,9H2,1H3. The fourth-order valence-electron chi connectivity index (χ4n) is 1.65. The van der Waals surface area contributed by atoms with Crippen molar-refractivity contribution in [2.45, 2.75) is 18.7 Å². The number of hydrogen-bond donors (Lipinski definition) is 1. The van der Waals surface area contributed by atoms with E-state index in [-0.39, 0.29) is 0 Å². The fourth-order valence-corrected chi connectivity index (χ4v) is 2.67. The molecule has 0 radical (unpaired) electrons. The molecule has 3 nitrogen and oxygen atoms in total. The summed E-state index contributed by atoms with van der Waals surface area (Å²) < 4.78 is 1.98. The van der Waals surface area contributed by atoms with Gasteiger partial charge in [0.2, 0.25) is 0 Å². The van der Waals surface area contributed by atoms with Crippen molar-refractivity contribution in [2.75, 3.05) is 5.75 Å². The molecule has 0 saturated carbocycles. The topological polar surface area (TPSA) is 43.8 Å². The molecule has 0 aliphatic carbocycles. The molecule has 12 heavy (non-hydrogen) atoms. The third-order valence-corrected chi connectivity index (χ3v) is 3.27. The van der Waals surface area contributed by atoms with E-state index in [4.69, 9.17) is 5.73 Å². The van der Waals surface area contributed by atoms with Gasteiger partial charge in [-0.25, -0.2) is 0 Å². The zero-order valence-electron chi connectivity index (χ0n) is 7.21. The Labute approximate surface area is 76.3 Å². The summed E-state index contributed by atoms with van der Waals surface area (Å²) in [5.41, 5.74) is 9.45. The van der Waals surface area contributed by atoms with Crippen LogP contribution in [-0.2, 0) is 25.8 Å². The van der Waals surface area contributed by atoms with Crippen molar-refractivity contribution in [1.29, 1.82) is 0 Å². The highest BCUT2D eigenvalue weighted by molar-refractivity contribution is 7.98. The Balaban J connectivity index is 2.47. The van der Waals surface area contributed by atoms with Gasteiger partial charge in [-0.1, -0.05) is 0 Å². The molecule has 2 heterocycles. The number of rotatable bonds is 1. The summed E-state index contributed by atoms with van der Waals surface area (Å²) in [5, 5.41) is 4.39. The minimum atomic E-state index is 0.573. The van der Waals surface area contributed by atoms with Crippen molar-refractivity contribution in [2.24, 2.45) is 12.8 Å². The van der Waals surface area contributed by atoms with Gasteiger partial charge in [0.25, 0.3) is 0 Å². The zero-order chi connectivity index (χ0) is 8.55. The summed E-state index contributed by atoms with van der Waals surface area (Å²) in [6, 6.07) is 0. The number of nitrogens with zero attached hydrogens (tertiary/aromatic N) is 2. The molecule has 0 spiro atoms. The second-order valence-corrected chi connectivity index (χ2v) is 4.11. The highest BCUT2D eigenvalue weighted by Gasteiger charge is 2.17. The molecule has 66 valence electrons. The molecule has 0 amide bonds. The molecule has 4 heteroatoms. The van der Waals surface area contributed by atoms with Crippen LogP contribution in [0.5, 0.6) is 0 Å². The lowest BCUT2D eigenvalue weighted by atomic mass is 10.1. The van der Waals surface area contributed by atoms with Crippen LogP contribution in [0.4, 0.5) is 0 Å². The smallest absolute Gasteiger partial charge is 0.0803 e. The molecule has 1 aromatic rings. The average Bonchev–Trinajstić information content (AvgIpc) is 2.44. The maximum Gasteiger partial charge on any atom is 0.0803 e. The maximum absolute atomic E-state index is 5.60. The quantitative estimate of drug-likeness (QED) is 0.696. The SMILES string of the molecule is Cn1nc(CN)c2c1CCSC2. The predicted octanol–water partition coefficient (Wildman–Crippen LogP) is 0.668. The minimum Gasteiger partial charge on any atom is -0.325 e. The van der Waals surface area contributed by atoms with E-state index in [9.17, 15) is 0 Å². The van der Waals surface area contributed by atoms with Crippen LogP contribution in [0.1, 0.15) is 17.0 Å². The van der Waals surface area contributed by atoms with E-state index in [0.29, 0.717) is 6.54 Å². The molecule has 1 aliphatic heterocycles. The van der Waals surface area contributed by atoms with Gasteiger partial charge in [0.15, 0.2) is 0 Å². The third-order valence-electron chi connectivity index (χ3n) is 2.28. The highest BCUT2D eigenvalue weighted by Crippen LogP contribution is 2.26. The highest BCUT2D eigenvalue weighted by atomic mass is 32.2. The van der Waals surface area contributed by atoms with Crippen LogP contribution < -0.4 is 5.73 Å². The molecule has 0 saturated heterocycles. The summed E-state index contributed by atoms with van der Waals surface area (Å²) in [6.07, 6.45) is 1.14. The average molecular weight is 183 g/mol. The summed E-state index contributed by atoms with van der Waals surface area (Å²) in [4.78, 5) is 0. The van der Waals surface area contributed by atoms with E-state index in [1.165, 1.54) is 17.0 Å². The lowest BCUT2D eigenvalue weighted by Gasteiger charge is -2.11. The fraction of sp³-hybridized carbons (Fsp3) is 0.625. The van der Waals surface area contributed by atoms with E-state index >= 15 is 0 Å². The predicted molar refractivity (Wildman–Crippen MR) is 51.0 cm³/mol. The number of aromatic nitrogens is 2. The van der Waals surface area contributed by atoms with Gasteiger partial charge in [0.1, 0.15) is 0 Å². The molecular weight excluding hydrogens is 170 g/mol. The van der Waals surface area contributed by atoms with E-state index < -0.39 is 0 Å². The van der Waals surface area contributed by atoms with Gasteiger partial charge < -0.3 is 5.73 Å². The van der Waals surface area contributed by atoms with Crippen molar-refractivity contribution in [3.8, 4) is 0 Å². The summed E-state index contributed by atoms with van der Waals surface area (Å²) in [6.45, 7) is 0.573. The lowest BCUT2D eigenvalue weighted by molar-refractivity contribution is 0.703. The van der Waals surface area contributed by atoms with Crippen LogP contribution in [0.15, 0.2) is 0 Å². The molecule has 2 N–H and O–H groups in total. The van der Waals surface area contributed by atoms with E-state index in [1.54, 1.807) is 0 Å². The van der Waals surface area contributed by atoms with Crippen LogP contribution >= 0.6 is 11.8 Å². The first-order valence-corrected chi connectivity index (χ1v) is 5.30. The summed E-state index contributed by atoms with van der Waals surface area (Å²) >= 11 is 1.97. The van der Waals surface area contributed by atoms with E-state index in [2.05, 4.69) is 5.10 Å². The van der Waals surface area contributed by atoms with Gasteiger partial charge in [-0.15, -0.1) is 0 Å². The Morgan fingerprint density at radius 1 is 1.67 bits per heavy atom. The van der Waals surface area contributed by atoms with Gasteiger partial charge in [-0.05, 0) is 12.2 Å². The molecule has 1 aromatic heterocycles. The van der Waals surface area contributed by atoms with E-state index in [0.717, 1.165) is 17.9 Å². The lowest BCUT2D eigenvalue weighted by Crippen LogP contribution is -2.06. The van der Waals surface area contributed by atoms with Crippen LogP contribution in [0, 0.1) is 0 Å². The molecule has 0 bridgehead atoms. The first-order valence-electron chi connectivity index (χ1n) is 4.14. The van der Waals surface area contributed by atoms with Crippen molar-refractivity contribution in [1.82, 2.24) is 9.78 Å². The Bertz CT molecular complexity index is 293. The first kappa shape index (κ1) is 8.13. The van der Waals surface area contributed by atoms with Gasteiger partial charge in [-0.3, -0.25) is 4.68 Å². The zero-order valence-corrected chi connectivity index (χ0v) is 8.02. The molecule has 0 aromatic carbocycles. The van der Waals surface area contributed by atoms with Crippen molar-refractivity contribution in [3.63, 3.8) is 0 Å². The first-order chi connectivity index (χ1) is 5.83. The second kappa shape index (κ2) is 3.11. The van der Waals surface area contributed by atoms with Gasteiger partial charge in [0.05, 0.1) is 5.69 Å². The second-order valence-electron chi connectivity index (χ2n) is 3.00. The molecule has 1 aliphatic rings. The Kier molecular flexibility index (Phi) is 2.11. The van der Waals surface area contributed by atoms with Gasteiger partial charge >= 0.3 is 0 Å². The van der Waals surface area contributed by atoms with Crippen molar-refractivity contribution < 1.29 is 0 Å². The largest absolute Gasteiger partial charge is 0.325 e. The van der Waals surface area contributed by atoms with Crippen molar-refractivity contribution >= 4 is 11.8 Å². The molecule has 2 rings (SSSR count). The molecular formula is C8H13N3S. The number of nitrogens with two attached hydrogens (primary N) is 1. The number of thioether (sulfide) groups is 1. The Hall–Kier alpha value is -0.480. The Morgan fingerprint density at radius 2 is 2.50 bits per heavy atom. The third kappa shape index (κ3) is 1.15. The summed E-state index contributed by atoms with van der Waals surface area (Å²) in [7, 11) is 2.01. The monoisotopic (exact) mass is 183 g/mol. The van der Waals surface area contributed by atoms with E-state index in [1.807, 2.05) is 23.5 Å². The number of aryl methyl sites for hydroxylation is 1. The number of fused-ring (bicyclic) bond motifs is 1. The molecule has 0 fully saturated rings. The Morgan fingerprint density at radius 3 is 3.25 bits per heavy atom.